The molecule has 1 nitrogen and oxygen atoms in total. The van der Waals surface area contributed by atoms with Gasteiger partial charge < -0.3 is 4.57 Å². The molecule has 0 saturated heterocycles. The molecule has 1 aromatic heterocycles. The predicted molar refractivity (Wildman–Crippen MR) is 44.7 cm³/mol. The van der Waals surface area contributed by atoms with Gasteiger partial charge in [0, 0.05) is 18.9 Å². The maximum absolute atomic E-state index is 2.16. The van der Waals surface area contributed by atoms with Crippen molar-refractivity contribution >= 4 is 6.08 Å². The van der Waals surface area contributed by atoms with Crippen molar-refractivity contribution in [3.05, 3.63) is 30.1 Å². The molecule has 0 aromatic carbocycles. The van der Waals surface area contributed by atoms with Crippen LogP contribution >= 0.6 is 0 Å². The summed E-state index contributed by atoms with van der Waals surface area (Å²) in [5.74, 6) is 0. The number of hydrogen-bond donors (Lipinski definition) is 0. The van der Waals surface area contributed by atoms with Gasteiger partial charge in [-0.3, -0.25) is 0 Å². The van der Waals surface area contributed by atoms with Gasteiger partial charge in [-0.2, -0.15) is 0 Å². The van der Waals surface area contributed by atoms with Crippen LogP contribution in [-0.2, 0) is 7.05 Å². The van der Waals surface area contributed by atoms with Crippen LogP contribution in [0, 0.1) is 0 Å². The smallest absolute Gasteiger partial charge is 0.0400 e. The second kappa shape index (κ2) is 3.25. The van der Waals surface area contributed by atoms with Crippen molar-refractivity contribution in [2.24, 2.45) is 7.05 Å². The lowest BCUT2D eigenvalue weighted by Crippen LogP contribution is -1.86. The molecule has 54 valence electrons. The van der Waals surface area contributed by atoms with E-state index in [0.29, 0.717) is 0 Å². The summed E-state index contributed by atoms with van der Waals surface area (Å²) in [6, 6.07) is 4.15. The van der Waals surface area contributed by atoms with Crippen molar-refractivity contribution in [3.63, 3.8) is 0 Å². The third-order valence-electron chi connectivity index (χ3n) is 1.51. The average molecular weight is 135 g/mol. The lowest BCUT2D eigenvalue weighted by molar-refractivity contribution is 0.914. The molecule has 1 aromatic rings. The quantitative estimate of drug-likeness (QED) is 0.587. The summed E-state index contributed by atoms with van der Waals surface area (Å²) in [6.45, 7) is 2.14. The predicted octanol–water partition coefficient (Wildman–Crippen LogP) is 2.45. The van der Waals surface area contributed by atoms with Gasteiger partial charge in [-0.1, -0.05) is 13.0 Å². The van der Waals surface area contributed by atoms with Crippen molar-refractivity contribution < 1.29 is 0 Å². The molecule has 1 heterocycles. The first-order valence-corrected chi connectivity index (χ1v) is 3.62. The van der Waals surface area contributed by atoms with Crippen LogP contribution in [0.4, 0.5) is 0 Å². The van der Waals surface area contributed by atoms with E-state index in [1.54, 1.807) is 0 Å². The average Bonchev–Trinajstić information content (AvgIpc) is 2.31. The van der Waals surface area contributed by atoms with Crippen molar-refractivity contribution in [1.29, 1.82) is 0 Å². The summed E-state index contributed by atoms with van der Waals surface area (Å²) in [5.41, 5.74) is 1.27. The van der Waals surface area contributed by atoms with Gasteiger partial charge in [-0.15, -0.1) is 0 Å². The minimum Gasteiger partial charge on any atom is -0.351 e. The molecule has 1 rings (SSSR count). The lowest BCUT2D eigenvalue weighted by atomic mass is 10.3. The standard InChI is InChI=1S/C9H13N/c1-3-4-6-9-7-5-8-10(9)2/h4-8H,3H2,1-2H3/b6-4-. The van der Waals surface area contributed by atoms with Gasteiger partial charge in [0.1, 0.15) is 0 Å². The molecule has 0 aliphatic carbocycles. The van der Waals surface area contributed by atoms with Crippen LogP contribution in [0.25, 0.3) is 6.08 Å². The molecule has 0 unspecified atom stereocenters. The van der Waals surface area contributed by atoms with E-state index in [4.69, 9.17) is 0 Å². The molecule has 0 bridgehead atoms. The molecule has 0 N–H and O–H groups in total. The van der Waals surface area contributed by atoms with Crippen LogP contribution in [0.1, 0.15) is 19.0 Å². The summed E-state index contributed by atoms with van der Waals surface area (Å²) < 4.78 is 2.10. The third-order valence-corrected chi connectivity index (χ3v) is 1.51. The fourth-order valence-electron chi connectivity index (χ4n) is 0.886. The topological polar surface area (TPSA) is 4.93 Å². The molecule has 0 amide bonds. The van der Waals surface area contributed by atoms with Crippen LogP contribution in [0.5, 0.6) is 0 Å². The Bertz CT molecular complexity index is 220. The molecule has 0 saturated carbocycles. The summed E-state index contributed by atoms with van der Waals surface area (Å²) >= 11 is 0. The highest BCUT2D eigenvalue weighted by molar-refractivity contribution is 5.44. The van der Waals surface area contributed by atoms with E-state index in [-0.39, 0.29) is 0 Å². The third kappa shape index (κ3) is 1.50. The number of allylic oxidation sites excluding steroid dienone is 1. The van der Waals surface area contributed by atoms with E-state index in [1.807, 2.05) is 0 Å². The van der Waals surface area contributed by atoms with Gasteiger partial charge in [-0.05, 0) is 24.6 Å². The summed E-state index contributed by atoms with van der Waals surface area (Å²) in [6.07, 6.45) is 7.45. The van der Waals surface area contributed by atoms with E-state index < -0.39 is 0 Å². The molecule has 10 heavy (non-hydrogen) atoms. The number of hydrogen-bond acceptors (Lipinski definition) is 0. The molecule has 0 aliphatic rings. The Labute approximate surface area is 62.0 Å². The van der Waals surface area contributed by atoms with Gasteiger partial charge in [0.25, 0.3) is 0 Å². The Morgan fingerprint density at radius 2 is 2.40 bits per heavy atom. The molecular weight excluding hydrogens is 122 g/mol. The Kier molecular flexibility index (Phi) is 2.32. The van der Waals surface area contributed by atoms with Crippen molar-refractivity contribution in [3.8, 4) is 0 Å². The number of rotatable bonds is 2. The summed E-state index contributed by atoms with van der Waals surface area (Å²) in [4.78, 5) is 0. The maximum Gasteiger partial charge on any atom is 0.0400 e. The second-order valence-electron chi connectivity index (χ2n) is 2.35. The zero-order valence-electron chi connectivity index (χ0n) is 6.54. The SMILES string of the molecule is CC/C=C\c1cccn1C. The van der Waals surface area contributed by atoms with Crippen molar-refractivity contribution in [1.82, 2.24) is 4.57 Å². The van der Waals surface area contributed by atoms with Gasteiger partial charge >= 0.3 is 0 Å². The highest BCUT2D eigenvalue weighted by atomic mass is 14.9. The van der Waals surface area contributed by atoms with Crippen molar-refractivity contribution in [2.75, 3.05) is 0 Å². The highest BCUT2D eigenvalue weighted by Crippen LogP contribution is 2.01. The summed E-state index contributed by atoms with van der Waals surface area (Å²) in [5, 5.41) is 0. The first-order valence-electron chi connectivity index (χ1n) is 3.62. The van der Waals surface area contributed by atoms with Gasteiger partial charge in [0.15, 0.2) is 0 Å². The maximum atomic E-state index is 2.16. The van der Waals surface area contributed by atoms with Crippen LogP contribution in [0.15, 0.2) is 24.4 Å². The molecule has 0 atom stereocenters. The molecule has 0 aliphatic heterocycles. The van der Waals surface area contributed by atoms with Crippen LogP contribution in [-0.4, -0.2) is 4.57 Å². The fraction of sp³-hybridized carbons (Fsp3) is 0.333. The first-order chi connectivity index (χ1) is 4.84. The second-order valence-corrected chi connectivity index (χ2v) is 2.35. The number of aromatic nitrogens is 1. The normalized spacial score (nSPS) is 11.0. The van der Waals surface area contributed by atoms with Crippen LogP contribution in [0.3, 0.4) is 0 Å². The monoisotopic (exact) mass is 135 g/mol. The van der Waals surface area contributed by atoms with Crippen LogP contribution in [0.2, 0.25) is 0 Å². The molecule has 1 heteroatoms. The highest BCUT2D eigenvalue weighted by Gasteiger charge is 1.87. The minimum atomic E-state index is 1.10. The van der Waals surface area contributed by atoms with E-state index in [1.165, 1.54) is 5.69 Å². The first kappa shape index (κ1) is 7.13. The Hall–Kier alpha value is -0.980. The molecule has 0 radical (unpaired) electrons. The molecular formula is C9H13N. The molecule has 0 spiro atoms. The minimum absolute atomic E-state index is 1.10. The van der Waals surface area contributed by atoms with E-state index in [2.05, 4.69) is 49.0 Å². The zero-order valence-corrected chi connectivity index (χ0v) is 6.54. The number of aryl methyl sites for hydroxylation is 1. The fourth-order valence-corrected chi connectivity index (χ4v) is 0.886. The number of nitrogens with zero attached hydrogens (tertiary/aromatic N) is 1. The van der Waals surface area contributed by atoms with Crippen LogP contribution < -0.4 is 0 Å². The van der Waals surface area contributed by atoms with E-state index in [0.717, 1.165) is 6.42 Å². The Balaban J connectivity index is 2.74. The largest absolute Gasteiger partial charge is 0.351 e. The Morgan fingerprint density at radius 1 is 1.60 bits per heavy atom. The summed E-state index contributed by atoms with van der Waals surface area (Å²) in [7, 11) is 2.05. The lowest BCUT2D eigenvalue weighted by Gasteiger charge is -1.93. The molecule has 0 fully saturated rings. The van der Waals surface area contributed by atoms with E-state index in [9.17, 15) is 0 Å². The Morgan fingerprint density at radius 3 is 2.90 bits per heavy atom. The van der Waals surface area contributed by atoms with Crippen molar-refractivity contribution in [2.45, 2.75) is 13.3 Å². The zero-order chi connectivity index (χ0) is 7.40. The van der Waals surface area contributed by atoms with Gasteiger partial charge in [0.2, 0.25) is 0 Å². The van der Waals surface area contributed by atoms with Gasteiger partial charge in [-0.25, -0.2) is 0 Å². The van der Waals surface area contributed by atoms with E-state index >= 15 is 0 Å². The van der Waals surface area contributed by atoms with Gasteiger partial charge in [0.05, 0.1) is 0 Å².